The second-order valence-electron chi connectivity index (χ2n) is 4.10. The molecule has 0 amide bonds. The van der Waals surface area contributed by atoms with Crippen LogP contribution in [0.2, 0.25) is 0 Å². The van der Waals surface area contributed by atoms with Crippen molar-refractivity contribution in [3.63, 3.8) is 0 Å². The molecule has 1 aromatic carbocycles. The lowest BCUT2D eigenvalue weighted by atomic mass is 10.0. The van der Waals surface area contributed by atoms with Crippen LogP contribution in [0.5, 0.6) is 0 Å². The van der Waals surface area contributed by atoms with E-state index in [9.17, 15) is 4.79 Å². The number of carboxylic acid groups (broad SMARTS) is 1. The molecule has 0 spiro atoms. The van der Waals surface area contributed by atoms with E-state index in [1.165, 1.54) is 0 Å². The average Bonchev–Trinajstić information content (AvgIpc) is 3.01. The van der Waals surface area contributed by atoms with Crippen LogP contribution in [0.25, 0.3) is 6.08 Å². The van der Waals surface area contributed by atoms with Crippen LogP contribution < -0.4 is 0 Å². The van der Waals surface area contributed by atoms with Crippen molar-refractivity contribution in [2.45, 2.75) is 19.3 Å². The smallest absolute Gasteiger partial charge is 0.309 e. The van der Waals surface area contributed by atoms with Crippen molar-refractivity contribution < 1.29 is 9.90 Å². The second-order valence-corrected chi connectivity index (χ2v) is 4.10. The summed E-state index contributed by atoms with van der Waals surface area (Å²) < 4.78 is 0. The summed E-state index contributed by atoms with van der Waals surface area (Å²) in [6.07, 6.45) is 6.25. The second kappa shape index (κ2) is 3.89. The van der Waals surface area contributed by atoms with Crippen LogP contribution in [-0.2, 0) is 4.79 Å². The first-order valence-corrected chi connectivity index (χ1v) is 5.18. The van der Waals surface area contributed by atoms with Gasteiger partial charge in [-0.15, -0.1) is 0 Å². The maximum atomic E-state index is 10.9. The zero-order valence-corrected chi connectivity index (χ0v) is 8.52. The fraction of sp³-hybridized carbons (Fsp3) is 0.308. The van der Waals surface area contributed by atoms with Crippen molar-refractivity contribution in [2.75, 3.05) is 0 Å². The standard InChI is InChI=1S/C13H14O2/c14-12(15)13(9-10-13)8-4-7-11-5-2-1-3-6-11/h1-7H,8-10H2,(H,14,15)/b7-4+. The number of hydrogen-bond donors (Lipinski definition) is 1. The van der Waals surface area contributed by atoms with Gasteiger partial charge >= 0.3 is 5.97 Å². The summed E-state index contributed by atoms with van der Waals surface area (Å²) in [7, 11) is 0. The van der Waals surface area contributed by atoms with Crippen LogP contribution in [0, 0.1) is 5.41 Å². The van der Waals surface area contributed by atoms with E-state index in [1.54, 1.807) is 0 Å². The number of aliphatic carboxylic acids is 1. The average molecular weight is 202 g/mol. The van der Waals surface area contributed by atoms with E-state index < -0.39 is 11.4 Å². The number of benzene rings is 1. The highest BCUT2D eigenvalue weighted by Crippen LogP contribution is 2.49. The lowest BCUT2D eigenvalue weighted by molar-refractivity contribution is -0.143. The lowest BCUT2D eigenvalue weighted by Crippen LogP contribution is -2.13. The third kappa shape index (κ3) is 2.27. The Labute approximate surface area is 89.2 Å². The molecule has 0 aliphatic heterocycles. The van der Waals surface area contributed by atoms with E-state index in [-0.39, 0.29) is 0 Å². The molecule has 1 aliphatic carbocycles. The summed E-state index contributed by atoms with van der Waals surface area (Å²) in [5.41, 5.74) is 0.685. The fourth-order valence-electron chi connectivity index (χ4n) is 1.64. The molecule has 0 unspecified atom stereocenters. The van der Waals surface area contributed by atoms with Gasteiger partial charge in [0, 0.05) is 0 Å². The maximum absolute atomic E-state index is 10.9. The van der Waals surface area contributed by atoms with Crippen LogP contribution in [0.3, 0.4) is 0 Å². The molecule has 1 aromatic rings. The van der Waals surface area contributed by atoms with Gasteiger partial charge in [-0.3, -0.25) is 4.79 Å². The van der Waals surface area contributed by atoms with Crippen molar-refractivity contribution in [1.82, 2.24) is 0 Å². The Balaban J connectivity index is 1.94. The first kappa shape index (κ1) is 9.97. The van der Waals surface area contributed by atoms with Gasteiger partial charge < -0.3 is 5.11 Å². The molecule has 0 aromatic heterocycles. The normalized spacial score (nSPS) is 17.9. The Morgan fingerprint density at radius 2 is 2.00 bits per heavy atom. The van der Waals surface area contributed by atoms with Crippen molar-refractivity contribution in [3.8, 4) is 0 Å². The highest BCUT2D eigenvalue weighted by atomic mass is 16.4. The minimum Gasteiger partial charge on any atom is -0.481 e. The predicted octanol–water partition coefficient (Wildman–Crippen LogP) is 2.95. The SMILES string of the molecule is O=C(O)C1(C/C=C/c2ccccc2)CC1. The van der Waals surface area contributed by atoms with Gasteiger partial charge in [0.15, 0.2) is 0 Å². The van der Waals surface area contributed by atoms with Gasteiger partial charge in [0.25, 0.3) is 0 Å². The molecule has 78 valence electrons. The molecule has 0 saturated heterocycles. The zero-order valence-electron chi connectivity index (χ0n) is 8.52. The fourth-order valence-corrected chi connectivity index (χ4v) is 1.64. The van der Waals surface area contributed by atoms with Crippen LogP contribution >= 0.6 is 0 Å². The molecule has 1 fully saturated rings. The first-order valence-electron chi connectivity index (χ1n) is 5.18. The Kier molecular flexibility index (Phi) is 2.58. The van der Waals surface area contributed by atoms with Crippen molar-refractivity contribution >= 4 is 12.0 Å². The number of carboxylic acids is 1. The Bertz CT molecular complexity index is 375. The summed E-state index contributed by atoms with van der Waals surface area (Å²) in [5.74, 6) is -0.653. The van der Waals surface area contributed by atoms with Gasteiger partial charge in [-0.2, -0.15) is 0 Å². The third-order valence-corrected chi connectivity index (χ3v) is 2.93. The molecule has 2 rings (SSSR count). The van der Waals surface area contributed by atoms with Gasteiger partial charge in [0.2, 0.25) is 0 Å². The van der Waals surface area contributed by atoms with E-state index in [0.29, 0.717) is 6.42 Å². The van der Waals surface area contributed by atoms with Crippen molar-refractivity contribution in [2.24, 2.45) is 5.41 Å². The topological polar surface area (TPSA) is 37.3 Å². The number of allylic oxidation sites excluding steroid dienone is 1. The van der Waals surface area contributed by atoms with E-state index in [0.717, 1.165) is 18.4 Å². The number of hydrogen-bond acceptors (Lipinski definition) is 1. The first-order chi connectivity index (χ1) is 7.23. The van der Waals surface area contributed by atoms with E-state index in [1.807, 2.05) is 42.5 Å². The highest BCUT2D eigenvalue weighted by Gasteiger charge is 2.48. The molecular formula is C13H14O2. The van der Waals surface area contributed by atoms with Crippen LogP contribution in [-0.4, -0.2) is 11.1 Å². The van der Waals surface area contributed by atoms with Gasteiger partial charge in [-0.25, -0.2) is 0 Å². The highest BCUT2D eigenvalue weighted by molar-refractivity contribution is 5.78. The summed E-state index contributed by atoms with van der Waals surface area (Å²) in [6, 6.07) is 9.94. The Hall–Kier alpha value is -1.57. The molecular weight excluding hydrogens is 188 g/mol. The minimum absolute atomic E-state index is 0.439. The molecule has 0 radical (unpaired) electrons. The van der Waals surface area contributed by atoms with Crippen LogP contribution in [0.4, 0.5) is 0 Å². The van der Waals surface area contributed by atoms with Crippen molar-refractivity contribution in [1.29, 1.82) is 0 Å². The minimum atomic E-state index is -0.653. The van der Waals surface area contributed by atoms with E-state index in [2.05, 4.69) is 0 Å². The summed E-state index contributed by atoms with van der Waals surface area (Å²) in [5, 5.41) is 8.97. The zero-order chi connectivity index (χ0) is 10.7. The van der Waals surface area contributed by atoms with Gasteiger partial charge in [-0.1, -0.05) is 42.5 Å². The van der Waals surface area contributed by atoms with Gasteiger partial charge in [0.05, 0.1) is 5.41 Å². The summed E-state index contributed by atoms with van der Waals surface area (Å²) >= 11 is 0. The molecule has 2 nitrogen and oxygen atoms in total. The monoisotopic (exact) mass is 202 g/mol. The quantitative estimate of drug-likeness (QED) is 0.815. The maximum Gasteiger partial charge on any atom is 0.309 e. The van der Waals surface area contributed by atoms with Crippen LogP contribution in [0.1, 0.15) is 24.8 Å². The van der Waals surface area contributed by atoms with E-state index >= 15 is 0 Å². The van der Waals surface area contributed by atoms with Gasteiger partial charge in [-0.05, 0) is 24.8 Å². The predicted molar refractivity (Wildman–Crippen MR) is 59.4 cm³/mol. The molecule has 0 atom stereocenters. The lowest BCUT2D eigenvalue weighted by Gasteiger charge is -2.04. The van der Waals surface area contributed by atoms with Crippen LogP contribution in [0.15, 0.2) is 36.4 Å². The molecule has 1 saturated carbocycles. The molecule has 0 heterocycles. The summed E-state index contributed by atoms with van der Waals surface area (Å²) in [4.78, 5) is 10.9. The summed E-state index contributed by atoms with van der Waals surface area (Å²) in [6.45, 7) is 0. The Morgan fingerprint density at radius 1 is 1.33 bits per heavy atom. The molecule has 0 bridgehead atoms. The molecule has 1 aliphatic rings. The van der Waals surface area contributed by atoms with Gasteiger partial charge in [0.1, 0.15) is 0 Å². The van der Waals surface area contributed by atoms with E-state index in [4.69, 9.17) is 5.11 Å². The molecule has 15 heavy (non-hydrogen) atoms. The number of carbonyl (C=O) groups is 1. The third-order valence-electron chi connectivity index (χ3n) is 2.93. The molecule has 2 heteroatoms. The van der Waals surface area contributed by atoms with Crippen molar-refractivity contribution in [3.05, 3.63) is 42.0 Å². The molecule has 1 N–H and O–H groups in total. The Morgan fingerprint density at radius 3 is 2.53 bits per heavy atom. The number of rotatable bonds is 4. The largest absolute Gasteiger partial charge is 0.481 e.